The molecule has 1 N–H and O–H groups in total. The van der Waals surface area contributed by atoms with Gasteiger partial charge in [0.15, 0.2) is 0 Å². The van der Waals surface area contributed by atoms with Gasteiger partial charge in [-0.15, -0.1) is 0 Å². The molecule has 0 aliphatic rings. The van der Waals surface area contributed by atoms with Gasteiger partial charge < -0.3 is 5.11 Å². The van der Waals surface area contributed by atoms with E-state index in [1.165, 1.54) is 5.20 Å². The fourth-order valence-electron chi connectivity index (χ4n) is 1.07. The van der Waals surface area contributed by atoms with Crippen LogP contribution in [0, 0.1) is 0 Å². The Morgan fingerprint density at radius 1 is 1.40 bits per heavy atom. The van der Waals surface area contributed by atoms with Crippen LogP contribution in [-0.4, -0.2) is 19.8 Å². The van der Waals surface area contributed by atoms with Crippen LogP contribution < -0.4 is 0 Å². The molecule has 1 nitrogen and oxygen atoms in total. The molecule has 0 aromatic heterocycles. The van der Waals surface area contributed by atoms with Crippen LogP contribution in [0.4, 0.5) is 0 Å². The Morgan fingerprint density at radius 2 is 1.90 bits per heavy atom. The molecule has 60 valence electrons. The van der Waals surface area contributed by atoms with Gasteiger partial charge in [0, 0.05) is 6.61 Å². The first-order valence-electron chi connectivity index (χ1n) is 3.79. The van der Waals surface area contributed by atoms with Crippen LogP contribution in [0.1, 0.15) is 13.3 Å². The van der Waals surface area contributed by atoms with E-state index in [4.69, 9.17) is 5.11 Å². The molecule has 0 rings (SSSR count). The standard InChI is InChI=1S/C8H18OSi/c1-5-8(6-7-9)10(2,3)4/h5,9H,6-7H2,1-4H3. The summed E-state index contributed by atoms with van der Waals surface area (Å²) in [6.45, 7) is 9.27. The molecule has 0 spiro atoms. The van der Waals surface area contributed by atoms with Crippen LogP contribution in [-0.2, 0) is 0 Å². The van der Waals surface area contributed by atoms with Gasteiger partial charge in [0.25, 0.3) is 0 Å². The second-order valence-electron chi connectivity index (χ2n) is 3.54. The number of aliphatic hydroxyl groups excluding tert-OH is 1. The van der Waals surface area contributed by atoms with Gasteiger partial charge in [-0.3, -0.25) is 0 Å². The van der Waals surface area contributed by atoms with Crippen molar-refractivity contribution in [2.75, 3.05) is 6.61 Å². The van der Waals surface area contributed by atoms with Crippen LogP contribution in [0.5, 0.6) is 0 Å². The molecule has 0 aromatic carbocycles. The zero-order chi connectivity index (χ0) is 8.20. The van der Waals surface area contributed by atoms with E-state index in [-0.39, 0.29) is 0 Å². The molecule has 0 heterocycles. The predicted molar refractivity (Wildman–Crippen MR) is 48.8 cm³/mol. The lowest BCUT2D eigenvalue weighted by Gasteiger charge is -2.19. The molecule has 0 bridgehead atoms. The monoisotopic (exact) mass is 158 g/mol. The first kappa shape index (κ1) is 9.92. The summed E-state index contributed by atoms with van der Waals surface area (Å²) < 4.78 is 0. The number of aliphatic hydroxyl groups is 1. The largest absolute Gasteiger partial charge is 0.396 e. The summed E-state index contributed by atoms with van der Waals surface area (Å²) in [5, 5.41) is 10.2. The summed E-state index contributed by atoms with van der Waals surface area (Å²) in [4.78, 5) is 0. The highest BCUT2D eigenvalue weighted by Crippen LogP contribution is 2.16. The van der Waals surface area contributed by atoms with E-state index in [0.29, 0.717) is 6.61 Å². The normalized spacial score (nSPS) is 13.9. The highest BCUT2D eigenvalue weighted by Gasteiger charge is 2.17. The molecule has 0 aliphatic carbocycles. The van der Waals surface area contributed by atoms with Crippen molar-refractivity contribution in [2.24, 2.45) is 0 Å². The van der Waals surface area contributed by atoms with E-state index in [0.717, 1.165) is 6.42 Å². The molecular weight excluding hydrogens is 140 g/mol. The van der Waals surface area contributed by atoms with Gasteiger partial charge in [-0.25, -0.2) is 0 Å². The van der Waals surface area contributed by atoms with Gasteiger partial charge in [-0.1, -0.05) is 30.9 Å². The van der Waals surface area contributed by atoms with Crippen molar-refractivity contribution in [3.05, 3.63) is 11.3 Å². The fraction of sp³-hybridized carbons (Fsp3) is 0.750. The van der Waals surface area contributed by atoms with E-state index in [1.54, 1.807) is 0 Å². The molecule has 0 radical (unpaired) electrons. The maximum atomic E-state index is 8.71. The summed E-state index contributed by atoms with van der Waals surface area (Å²) >= 11 is 0. The molecule has 0 saturated carbocycles. The van der Waals surface area contributed by atoms with Crippen molar-refractivity contribution in [1.82, 2.24) is 0 Å². The fourth-order valence-corrected chi connectivity index (χ4v) is 2.80. The lowest BCUT2D eigenvalue weighted by atomic mass is 10.4. The predicted octanol–water partition coefficient (Wildman–Crippen LogP) is 2.19. The van der Waals surface area contributed by atoms with E-state index in [9.17, 15) is 0 Å². The third kappa shape index (κ3) is 3.18. The second-order valence-corrected chi connectivity index (χ2v) is 8.68. The topological polar surface area (TPSA) is 20.2 Å². The van der Waals surface area contributed by atoms with E-state index < -0.39 is 8.07 Å². The van der Waals surface area contributed by atoms with Gasteiger partial charge in [0.05, 0.1) is 8.07 Å². The van der Waals surface area contributed by atoms with Crippen molar-refractivity contribution in [3.8, 4) is 0 Å². The minimum atomic E-state index is -1.11. The molecular formula is C8H18OSi. The van der Waals surface area contributed by atoms with Gasteiger partial charge in [0.1, 0.15) is 0 Å². The van der Waals surface area contributed by atoms with Crippen molar-refractivity contribution in [3.63, 3.8) is 0 Å². The van der Waals surface area contributed by atoms with Crippen LogP contribution in [0.3, 0.4) is 0 Å². The lowest BCUT2D eigenvalue weighted by molar-refractivity contribution is 0.301. The minimum Gasteiger partial charge on any atom is -0.396 e. The van der Waals surface area contributed by atoms with Crippen molar-refractivity contribution in [1.29, 1.82) is 0 Å². The molecule has 0 atom stereocenters. The summed E-state index contributed by atoms with van der Waals surface area (Å²) in [7, 11) is -1.11. The van der Waals surface area contributed by atoms with Crippen LogP contribution in [0.25, 0.3) is 0 Å². The molecule has 10 heavy (non-hydrogen) atoms. The highest BCUT2D eigenvalue weighted by molar-refractivity contribution is 6.83. The Hall–Kier alpha value is -0.0831. The maximum absolute atomic E-state index is 8.71. The molecule has 0 unspecified atom stereocenters. The van der Waals surface area contributed by atoms with Crippen molar-refractivity contribution >= 4 is 8.07 Å². The summed E-state index contributed by atoms with van der Waals surface area (Å²) in [6.07, 6.45) is 3.02. The van der Waals surface area contributed by atoms with Crippen LogP contribution in [0.2, 0.25) is 19.6 Å². The van der Waals surface area contributed by atoms with E-state index >= 15 is 0 Å². The minimum absolute atomic E-state index is 0.296. The molecule has 0 saturated heterocycles. The molecule has 0 fully saturated rings. The number of allylic oxidation sites excluding steroid dienone is 1. The van der Waals surface area contributed by atoms with Crippen LogP contribution in [0.15, 0.2) is 11.3 Å². The van der Waals surface area contributed by atoms with Gasteiger partial charge in [0.2, 0.25) is 0 Å². The second kappa shape index (κ2) is 3.94. The van der Waals surface area contributed by atoms with Crippen molar-refractivity contribution < 1.29 is 5.11 Å². The maximum Gasteiger partial charge on any atom is 0.0721 e. The third-order valence-corrected chi connectivity index (χ3v) is 4.16. The smallest absolute Gasteiger partial charge is 0.0721 e. The Balaban J connectivity index is 4.10. The van der Waals surface area contributed by atoms with Gasteiger partial charge in [-0.05, 0) is 13.3 Å². The zero-order valence-corrected chi connectivity index (χ0v) is 8.44. The number of rotatable bonds is 3. The Bertz CT molecular complexity index is 122. The summed E-state index contributed by atoms with van der Waals surface area (Å²) in [5.74, 6) is 0. The third-order valence-electron chi connectivity index (χ3n) is 1.69. The molecule has 2 heteroatoms. The quantitative estimate of drug-likeness (QED) is 0.624. The molecule has 0 aliphatic heterocycles. The average Bonchev–Trinajstić information content (AvgIpc) is 1.80. The van der Waals surface area contributed by atoms with Gasteiger partial charge >= 0.3 is 0 Å². The zero-order valence-electron chi connectivity index (χ0n) is 7.44. The van der Waals surface area contributed by atoms with E-state index in [1.807, 2.05) is 0 Å². The number of hydrogen-bond donors (Lipinski definition) is 1. The van der Waals surface area contributed by atoms with E-state index in [2.05, 4.69) is 32.6 Å². The van der Waals surface area contributed by atoms with Gasteiger partial charge in [-0.2, -0.15) is 0 Å². The molecule has 0 amide bonds. The molecule has 0 aromatic rings. The summed E-state index contributed by atoms with van der Waals surface area (Å²) in [5.41, 5.74) is 0. The number of hydrogen-bond acceptors (Lipinski definition) is 1. The Kier molecular flexibility index (Phi) is 3.90. The van der Waals surface area contributed by atoms with Crippen molar-refractivity contribution in [2.45, 2.75) is 33.0 Å². The highest BCUT2D eigenvalue weighted by atomic mass is 28.3. The Labute approximate surface area is 64.8 Å². The lowest BCUT2D eigenvalue weighted by Crippen LogP contribution is -2.24. The average molecular weight is 158 g/mol. The first-order chi connectivity index (χ1) is 4.52. The SMILES string of the molecule is CC=C(CCO)[Si](C)(C)C. The Morgan fingerprint density at radius 3 is 2.00 bits per heavy atom. The summed E-state index contributed by atoms with van der Waals surface area (Å²) in [6, 6.07) is 0. The first-order valence-corrected chi connectivity index (χ1v) is 7.29. The van der Waals surface area contributed by atoms with Crippen LogP contribution >= 0.6 is 0 Å².